The third-order valence-electron chi connectivity index (χ3n) is 3.46. The molecule has 0 aromatic rings. The van der Waals surface area contributed by atoms with Crippen LogP contribution in [0.15, 0.2) is 0 Å². The summed E-state index contributed by atoms with van der Waals surface area (Å²) in [5, 5.41) is 0. The summed E-state index contributed by atoms with van der Waals surface area (Å²) in [7, 11) is 0. The number of rotatable bonds is 8. The van der Waals surface area contributed by atoms with Crippen LogP contribution < -0.4 is 5.73 Å². The largest absolute Gasteiger partial charge is 0.380 e. The van der Waals surface area contributed by atoms with Gasteiger partial charge in [-0.3, -0.25) is 0 Å². The Morgan fingerprint density at radius 2 is 1.93 bits per heavy atom. The molecule has 0 amide bonds. The number of nitrogens with two attached hydrogens (primary N) is 1. The molecule has 0 aromatic heterocycles. The van der Waals surface area contributed by atoms with Crippen molar-refractivity contribution in [2.45, 2.75) is 64.3 Å². The van der Waals surface area contributed by atoms with E-state index in [2.05, 4.69) is 6.92 Å². The molecule has 1 aliphatic carbocycles. The second-order valence-corrected chi connectivity index (χ2v) is 4.84. The summed E-state index contributed by atoms with van der Waals surface area (Å²) in [6.45, 7) is 3.91. The van der Waals surface area contributed by atoms with Crippen LogP contribution in [0.1, 0.15) is 58.3 Å². The van der Waals surface area contributed by atoms with E-state index in [0.717, 1.165) is 19.1 Å². The molecule has 0 aliphatic heterocycles. The summed E-state index contributed by atoms with van der Waals surface area (Å²) in [5.41, 5.74) is 6.09. The lowest BCUT2D eigenvalue weighted by molar-refractivity contribution is 0.102. The molecule has 1 atom stereocenters. The Kier molecular flexibility index (Phi) is 7.03. The highest BCUT2D eigenvalue weighted by atomic mass is 16.5. The zero-order chi connectivity index (χ0) is 10.9. The standard InChI is InChI=1S/C13H27NO/c1-2-3-4-7-10-15-11-13(14)12-8-5-6-9-12/h12-13H,2-11,14H2,1H3. The lowest BCUT2D eigenvalue weighted by atomic mass is 10.00. The van der Waals surface area contributed by atoms with Crippen molar-refractivity contribution in [3.05, 3.63) is 0 Å². The molecule has 0 saturated heterocycles. The summed E-state index contributed by atoms with van der Waals surface area (Å²) < 4.78 is 5.63. The highest BCUT2D eigenvalue weighted by Crippen LogP contribution is 2.26. The molecule has 90 valence electrons. The van der Waals surface area contributed by atoms with Crippen molar-refractivity contribution in [3.63, 3.8) is 0 Å². The molecule has 0 radical (unpaired) electrons. The SMILES string of the molecule is CCCCCCOCC(N)C1CCCC1. The summed E-state index contributed by atoms with van der Waals surface area (Å²) in [6, 6.07) is 0.290. The van der Waals surface area contributed by atoms with Gasteiger partial charge < -0.3 is 10.5 Å². The first-order chi connectivity index (χ1) is 7.34. The van der Waals surface area contributed by atoms with Gasteiger partial charge in [0.2, 0.25) is 0 Å². The van der Waals surface area contributed by atoms with Gasteiger partial charge >= 0.3 is 0 Å². The first-order valence-corrected chi connectivity index (χ1v) is 6.68. The van der Waals surface area contributed by atoms with Gasteiger partial charge in [0.1, 0.15) is 0 Å². The van der Waals surface area contributed by atoms with E-state index in [1.807, 2.05) is 0 Å². The molecule has 1 fully saturated rings. The molecular formula is C13H27NO. The number of hydrogen-bond donors (Lipinski definition) is 1. The number of unbranched alkanes of at least 4 members (excludes halogenated alkanes) is 3. The normalized spacial score (nSPS) is 19.6. The van der Waals surface area contributed by atoms with Gasteiger partial charge in [-0.15, -0.1) is 0 Å². The van der Waals surface area contributed by atoms with Crippen molar-refractivity contribution in [2.24, 2.45) is 11.7 Å². The van der Waals surface area contributed by atoms with Gasteiger partial charge in [-0.05, 0) is 25.2 Å². The Bertz CT molecular complexity index is 143. The van der Waals surface area contributed by atoms with Crippen molar-refractivity contribution in [1.82, 2.24) is 0 Å². The molecular weight excluding hydrogens is 186 g/mol. The van der Waals surface area contributed by atoms with Gasteiger partial charge in [-0.1, -0.05) is 39.0 Å². The Labute approximate surface area is 94.6 Å². The molecule has 0 bridgehead atoms. The van der Waals surface area contributed by atoms with Gasteiger partial charge in [0.25, 0.3) is 0 Å². The fourth-order valence-electron chi connectivity index (χ4n) is 2.37. The second-order valence-electron chi connectivity index (χ2n) is 4.84. The maximum absolute atomic E-state index is 6.09. The van der Waals surface area contributed by atoms with Crippen LogP contribution in [0.2, 0.25) is 0 Å². The van der Waals surface area contributed by atoms with Crippen LogP contribution in [0.3, 0.4) is 0 Å². The maximum Gasteiger partial charge on any atom is 0.0620 e. The van der Waals surface area contributed by atoms with E-state index in [1.165, 1.54) is 51.4 Å². The van der Waals surface area contributed by atoms with E-state index in [0.29, 0.717) is 6.04 Å². The highest BCUT2D eigenvalue weighted by Gasteiger charge is 2.21. The quantitative estimate of drug-likeness (QED) is 0.629. The van der Waals surface area contributed by atoms with Gasteiger partial charge in [0.05, 0.1) is 6.61 Å². The zero-order valence-electron chi connectivity index (χ0n) is 10.2. The molecule has 1 aliphatic rings. The summed E-state index contributed by atoms with van der Waals surface area (Å²) in [5.74, 6) is 0.737. The minimum atomic E-state index is 0.290. The Morgan fingerprint density at radius 3 is 2.60 bits per heavy atom. The highest BCUT2D eigenvalue weighted by molar-refractivity contribution is 4.77. The van der Waals surface area contributed by atoms with Crippen molar-refractivity contribution in [1.29, 1.82) is 0 Å². The van der Waals surface area contributed by atoms with E-state index < -0.39 is 0 Å². The third-order valence-corrected chi connectivity index (χ3v) is 3.46. The number of hydrogen-bond acceptors (Lipinski definition) is 2. The topological polar surface area (TPSA) is 35.2 Å². The molecule has 1 saturated carbocycles. The van der Waals surface area contributed by atoms with Crippen LogP contribution in [-0.4, -0.2) is 19.3 Å². The molecule has 2 nitrogen and oxygen atoms in total. The third kappa shape index (κ3) is 5.53. The van der Waals surface area contributed by atoms with Crippen LogP contribution >= 0.6 is 0 Å². The molecule has 1 unspecified atom stereocenters. The van der Waals surface area contributed by atoms with E-state index in [4.69, 9.17) is 10.5 Å². The Balaban J connectivity index is 1.90. The van der Waals surface area contributed by atoms with Crippen molar-refractivity contribution < 1.29 is 4.74 Å². The molecule has 1 rings (SSSR count). The van der Waals surface area contributed by atoms with Gasteiger partial charge in [-0.25, -0.2) is 0 Å². The first kappa shape index (κ1) is 13.0. The van der Waals surface area contributed by atoms with E-state index >= 15 is 0 Å². The first-order valence-electron chi connectivity index (χ1n) is 6.68. The van der Waals surface area contributed by atoms with Crippen molar-refractivity contribution in [2.75, 3.05) is 13.2 Å². The molecule has 15 heavy (non-hydrogen) atoms. The Hall–Kier alpha value is -0.0800. The van der Waals surface area contributed by atoms with Gasteiger partial charge in [0, 0.05) is 12.6 Å². The minimum Gasteiger partial charge on any atom is -0.380 e. The van der Waals surface area contributed by atoms with Crippen LogP contribution in [0, 0.1) is 5.92 Å². The average molecular weight is 213 g/mol. The molecule has 0 aromatic carbocycles. The zero-order valence-corrected chi connectivity index (χ0v) is 10.2. The predicted molar refractivity (Wildman–Crippen MR) is 64.9 cm³/mol. The van der Waals surface area contributed by atoms with Gasteiger partial charge in [-0.2, -0.15) is 0 Å². The van der Waals surface area contributed by atoms with E-state index in [9.17, 15) is 0 Å². The lowest BCUT2D eigenvalue weighted by Gasteiger charge is -2.18. The van der Waals surface area contributed by atoms with Crippen molar-refractivity contribution in [3.8, 4) is 0 Å². The van der Waals surface area contributed by atoms with E-state index in [1.54, 1.807) is 0 Å². The summed E-state index contributed by atoms with van der Waals surface area (Å²) in [6.07, 6.45) is 10.5. The minimum absolute atomic E-state index is 0.290. The smallest absolute Gasteiger partial charge is 0.0620 e. The molecule has 2 heteroatoms. The fourth-order valence-corrected chi connectivity index (χ4v) is 2.37. The number of ether oxygens (including phenoxy) is 1. The van der Waals surface area contributed by atoms with Crippen LogP contribution in [0.4, 0.5) is 0 Å². The fraction of sp³-hybridized carbons (Fsp3) is 1.00. The lowest BCUT2D eigenvalue weighted by Crippen LogP contribution is -2.33. The van der Waals surface area contributed by atoms with Crippen LogP contribution in [-0.2, 0) is 4.74 Å². The van der Waals surface area contributed by atoms with Crippen LogP contribution in [0.25, 0.3) is 0 Å². The van der Waals surface area contributed by atoms with E-state index in [-0.39, 0.29) is 0 Å². The molecule has 0 spiro atoms. The Morgan fingerprint density at radius 1 is 1.20 bits per heavy atom. The summed E-state index contributed by atoms with van der Waals surface area (Å²) >= 11 is 0. The average Bonchev–Trinajstić information content (AvgIpc) is 2.76. The maximum atomic E-state index is 6.09. The van der Waals surface area contributed by atoms with Crippen molar-refractivity contribution >= 4 is 0 Å². The predicted octanol–water partition coefficient (Wildman–Crippen LogP) is 3.10. The second kappa shape index (κ2) is 8.12. The van der Waals surface area contributed by atoms with Gasteiger partial charge in [0.15, 0.2) is 0 Å². The monoisotopic (exact) mass is 213 g/mol. The molecule has 2 N–H and O–H groups in total. The molecule has 0 heterocycles. The summed E-state index contributed by atoms with van der Waals surface area (Å²) in [4.78, 5) is 0. The van der Waals surface area contributed by atoms with Crippen LogP contribution in [0.5, 0.6) is 0 Å².